The first-order valence-corrected chi connectivity index (χ1v) is 16.5. The van der Waals surface area contributed by atoms with Gasteiger partial charge < -0.3 is 28.1 Å². The van der Waals surface area contributed by atoms with E-state index in [1.165, 1.54) is 22.2 Å². The number of fused-ring (bicyclic) bond motifs is 1. The summed E-state index contributed by atoms with van der Waals surface area (Å²) in [5, 5.41) is 1.24. The molecule has 0 unspecified atom stereocenters. The zero-order valence-corrected chi connectivity index (χ0v) is 29.2. The van der Waals surface area contributed by atoms with Crippen LogP contribution in [0.15, 0.2) is 48.5 Å². The number of carbonyl (C=O) groups excluding carboxylic acids is 1. The SMILES string of the molecule is CC(C)n1c(CC[C@@H]2C[C@H](CC(=O)OC(C)(C)C)OC(C)(C)O2)c(-c2ccc(B3OC(C)(C)C(C)(C)O3)cc2)c2ccccc21. The Morgan fingerprint density at radius 1 is 0.933 bits per heavy atom. The summed E-state index contributed by atoms with van der Waals surface area (Å²) in [5.74, 6) is -1.03. The first-order chi connectivity index (χ1) is 20.9. The van der Waals surface area contributed by atoms with Crippen LogP contribution < -0.4 is 5.46 Å². The highest BCUT2D eigenvalue weighted by Crippen LogP contribution is 2.40. The molecule has 0 N–H and O–H groups in total. The number of nitrogens with zero attached hydrogens (tertiary/aromatic N) is 1. The van der Waals surface area contributed by atoms with Crippen LogP contribution in [0.5, 0.6) is 0 Å². The summed E-state index contributed by atoms with van der Waals surface area (Å²) in [6.07, 6.45) is 2.17. The average Bonchev–Trinajstić information content (AvgIpc) is 3.34. The lowest BCUT2D eigenvalue weighted by atomic mass is 9.78. The lowest BCUT2D eigenvalue weighted by molar-refractivity contribution is -0.300. The Balaban J connectivity index is 1.43. The first-order valence-electron chi connectivity index (χ1n) is 16.5. The van der Waals surface area contributed by atoms with Crippen LogP contribution in [0, 0.1) is 0 Å². The fraction of sp³-hybridized carbons (Fsp3) is 0.595. The topological polar surface area (TPSA) is 68.2 Å². The fourth-order valence-electron chi connectivity index (χ4n) is 6.65. The van der Waals surface area contributed by atoms with Crippen LogP contribution in [-0.2, 0) is 34.7 Å². The van der Waals surface area contributed by atoms with Crippen molar-refractivity contribution in [2.24, 2.45) is 0 Å². The molecule has 2 aromatic carbocycles. The molecule has 2 atom stereocenters. The molecule has 0 bridgehead atoms. The van der Waals surface area contributed by atoms with E-state index in [1.54, 1.807) is 0 Å². The zero-order valence-electron chi connectivity index (χ0n) is 29.2. The van der Waals surface area contributed by atoms with Crippen LogP contribution in [0.1, 0.15) is 107 Å². The predicted molar refractivity (Wildman–Crippen MR) is 181 cm³/mol. The molecule has 2 aliphatic rings. The van der Waals surface area contributed by atoms with Crippen molar-refractivity contribution >= 4 is 29.5 Å². The second kappa shape index (κ2) is 12.2. The highest BCUT2D eigenvalue weighted by Gasteiger charge is 2.51. The zero-order chi connectivity index (χ0) is 32.9. The number of hydrogen-bond donors (Lipinski definition) is 0. The summed E-state index contributed by atoms with van der Waals surface area (Å²) >= 11 is 0. The minimum atomic E-state index is -0.785. The van der Waals surface area contributed by atoms with Crippen LogP contribution in [0.2, 0.25) is 0 Å². The Bertz CT molecular complexity index is 1500. The number of esters is 1. The third-order valence-electron chi connectivity index (χ3n) is 9.20. The van der Waals surface area contributed by atoms with Crippen molar-refractivity contribution in [3.8, 4) is 11.1 Å². The average molecular weight is 618 g/mol. The number of ether oxygens (including phenoxy) is 3. The third kappa shape index (κ3) is 7.35. The van der Waals surface area contributed by atoms with Gasteiger partial charge in [0.2, 0.25) is 0 Å². The van der Waals surface area contributed by atoms with Crippen molar-refractivity contribution in [1.82, 2.24) is 4.57 Å². The van der Waals surface area contributed by atoms with E-state index < -0.39 is 18.5 Å². The molecule has 2 saturated heterocycles. The maximum Gasteiger partial charge on any atom is 0.494 e. The van der Waals surface area contributed by atoms with Gasteiger partial charge in [-0.15, -0.1) is 0 Å². The molecule has 0 aliphatic carbocycles. The monoisotopic (exact) mass is 617 g/mol. The van der Waals surface area contributed by atoms with Crippen LogP contribution in [0.25, 0.3) is 22.0 Å². The van der Waals surface area contributed by atoms with E-state index in [4.69, 9.17) is 23.5 Å². The molecule has 244 valence electrons. The van der Waals surface area contributed by atoms with Gasteiger partial charge in [-0.25, -0.2) is 0 Å². The molecule has 0 amide bonds. The van der Waals surface area contributed by atoms with E-state index >= 15 is 0 Å². The number of rotatable bonds is 8. The molecule has 0 spiro atoms. The van der Waals surface area contributed by atoms with E-state index in [1.807, 2.05) is 34.6 Å². The molecule has 45 heavy (non-hydrogen) atoms. The fourth-order valence-corrected chi connectivity index (χ4v) is 6.65. The second-order valence-electron chi connectivity index (χ2n) is 15.5. The van der Waals surface area contributed by atoms with Gasteiger partial charge in [-0.2, -0.15) is 0 Å². The number of carbonyl (C=O) groups is 1. The van der Waals surface area contributed by atoms with E-state index in [9.17, 15) is 4.79 Å². The summed E-state index contributed by atoms with van der Waals surface area (Å²) in [4.78, 5) is 12.7. The Morgan fingerprint density at radius 3 is 2.13 bits per heavy atom. The van der Waals surface area contributed by atoms with Crippen LogP contribution in [0.3, 0.4) is 0 Å². The van der Waals surface area contributed by atoms with Crippen LogP contribution in [-0.4, -0.2) is 52.5 Å². The highest BCUT2D eigenvalue weighted by molar-refractivity contribution is 6.62. The molecular formula is C37H52BNO6. The summed E-state index contributed by atoms with van der Waals surface area (Å²) < 4.78 is 33.3. The van der Waals surface area contributed by atoms with Gasteiger partial charge >= 0.3 is 13.1 Å². The number of benzene rings is 2. The van der Waals surface area contributed by atoms with E-state index in [0.717, 1.165) is 23.9 Å². The largest absolute Gasteiger partial charge is 0.494 e. The molecular weight excluding hydrogens is 565 g/mol. The molecule has 0 radical (unpaired) electrons. The normalized spacial score (nSPS) is 22.7. The van der Waals surface area contributed by atoms with E-state index in [-0.39, 0.29) is 41.8 Å². The third-order valence-corrected chi connectivity index (χ3v) is 9.20. The predicted octanol–water partition coefficient (Wildman–Crippen LogP) is 7.76. The molecule has 8 heteroatoms. The Kier molecular flexibility index (Phi) is 9.13. The first kappa shape index (κ1) is 33.7. The Morgan fingerprint density at radius 2 is 1.53 bits per heavy atom. The molecule has 5 rings (SSSR count). The Labute approximate surface area is 270 Å². The van der Waals surface area contributed by atoms with Gasteiger partial charge in [0.1, 0.15) is 5.60 Å². The van der Waals surface area contributed by atoms with Gasteiger partial charge in [-0.1, -0.05) is 42.5 Å². The van der Waals surface area contributed by atoms with Crippen LogP contribution in [0.4, 0.5) is 0 Å². The molecule has 0 saturated carbocycles. The maximum absolute atomic E-state index is 12.7. The molecule has 7 nitrogen and oxygen atoms in total. The number of para-hydroxylation sites is 1. The summed E-state index contributed by atoms with van der Waals surface area (Å²) in [5.41, 5.74) is 4.63. The lowest BCUT2D eigenvalue weighted by Gasteiger charge is -2.41. The molecule has 2 aliphatic heterocycles. The minimum absolute atomic E-state index is 0.0570. The summed E-state index contributed by atoms with van der Waals surface area (Å²) in [6, 6.07) is 17.6. The van der Waals surface area contributed by atoms with Crippen molar-refractivity contribution in [1.29, 1.82) is 0 Å². The van der Waals surface area contributed by atoms with Crippen molar-refractivity contribution in [2.45, 2.75) is 143 Å². The molecule has 2 fully saturated rings. The smallest absolute Gasteiger partial charge is 0.460 e. The van der Waals surface area contributed by atoms with Gasteiger partial charge in [-0.05, 0) is 106 Å². The quantitative estimate of drug-likeness (QED) is 0.190. The minimum Gasteiger partial charge on any atom is -0.460 e. The van der Waals surface area contributed by atoms with Crippen molar-refractivity contribution in [3.05, 3.63) is 54.2 Å². The van der Waals surface area contributed by atoms with Crippen molar-refractivity contribution in [2.75, 3.05) is 0 Å². The molecule has 1 aromatic heterocycles. The number of hydrogen-bond acceptors (Lipinski definition) is 6. The maximum atomic E-state index is 12.7. The molecule has 3 heterocycles. The second-order valence-corrected chi connectivity index (χ2v) is 15.5. The highest BCUT2D eigenvalue weighted by atomic mass is 16.7. The van der Waals surface area contributed by atoms with Gasteiger partial charge in [-0.3, -0.25) is 4.79 Å². The van der Waals surface area contributed by atoms with Gasteiger partial charge in [0.05, 0.1) is 29.8 Å². The summed E-state index contributed by atoms with van der Waals surface area (Å²) in [7, 11) is -0.400. The van der Waals surface area contributed by atoms with E-state index in [2.05, 4.69) is 94.6 Å². The van der Waals surface area contributed by atoms with Gasteiger partial charge in [0.25, 0.3) is 0 Å². The summed E-state index contributed by atoms with van der Waals surface area (Å²) in [6.45, 7) is 22.3. The van der Waals surface area contributed by atoms with Crippen molar-refractivity contribution in [3.63, 3.8) is 0 Å². The standard InChI is InChI=1S/C37H52BNO6/c1-24(2)39-30-15-13-12-14-29(30)33(25-16-18-26(19-17-25)38-44-35(6,7)36(8,9)45-38)31(39)21-20-27-22-28(42-37(10,11)41-27)23-32(40)43-34(3,4)5/h12-19,24,27-28H,20-23H2,1-11H3/t27-,28-/m1/s1. The van der Waals surface area contributed by atoms with Crippen LogP contribution >= 0.6 is 0 Å². The Hall–Kier alpha value is -2.65. The van der Waals surface area contributed by atoms with E-state index in [0.29, 0.717) is 6.42 Å². The van der Waals surface area contributed by atoms with Gasteiger partial charge in [0, 0.05) is 34.6 Å². The van der Waals surface area contributed by atoms with Gasteiger partial charge in [0.15, 0.2) is 5.79 Å². The van der Waals surface area contributed by atoms with Crippen molar-refractivity contribution < 1.29 is 28.3 Å². The molecule has 3 aromatic rings. The lowest BCUT2D eigenvalue weighted by Crippen LogP contribution is -2.45. The number of aromatic nitrogens is 1.